The van der Waals surface area contributed by atoms with Gasteiger partial charge >= 0.3 is 0 Å². The van der Waals surface area contributed by atoms with E-state index in [-0.39, 0.29) is 12.0 Å². The van der Waals surface area contributed by atoms with Crippen molar-refractivity contribution in [1.82, 2.24) is 0 Å². The van der Waals surface area contributed by atoms with Crippen molar-refractivity contribution < 1.29 is 9.53 Å². The van der Waals surface area contributed by atoms with Gasteiger partial charge in [0.05, 0.1) is 17.5 Å². The summed E-state index contributed by atoms with van der Waals surface area (Å²) in [5.74, 6) is 1.37. The van der Waals surface area contributed by atoms with Gasteiger partial charge in [0.15, 0.2) is 0 Å². The molecule has 4 nitrogen and oxygen atoms in total. The first-order valence-electron chi connectivity index (χ1n) is 9.45. The Morgan fingerprint density at radius 2 is 1.85 bits per heavy atom. The van der Waals surface area contributed by atoms with Gasteiger partial charge in [-0.15, -0.1) is 0 Å². The molecule has 1 saturated heterocycles. The Balaban J connectivity index is 1.76. The Morgan fingerprint density at radius 3 is 2.58 bits per heavy atom. The molecule has 1 amide bonds. The summed E-state index contributed by atoms with van der Waals surface area (Å²) in [6, 6.07) is 15.4. The molecule has 0 aromatic heterocycles. The normalized spacial score (nSPS) is 15.2. The number of nitrogens with one attached hydrogen (secondary N) is 1. The number of nitrogens with zero attached hydrogens (tertiary/aromatic N) is 1. The molecule has 0 spiro atoms. The van der Waals surface area contributed by atoms with Gasteiger partial charge in [0, 0.05) is 18.7 Å². The molecule has 1 aliphatic rings. The van der Waals surface area contributed by atoms with Crippen LogP contribution in [0.5, 0.6) is 5.75 Å². The summed E-state index contributed by atoms with van der Waals surface area (Å²) in [4.78, 5) is 15.1. The third-order valence-corrected chi connectivity index (χ3v) is 4.74. The summed E-state index contributed by atoms with van der Waals surface area (Å²) < 4.78 is 5.70. The molecule has 0 aliphatic carbocycles. The van der Waals surface area contributed by atoms with Crippen LogP contribution in [0.3, 0.4) is 0 Å². The van der Waals surface area contributed by atoms with Crippen LogP contribution in [-0.4, -0.2) is 25.1 Å². The second-order valence-electron chi connectivity index (χ2n) is 7.34. The number of hydrogen-bond acceptors (Lipinski definition) is 3. The summed E-state index contributed by atoms with van der Waals surface area (Å²) >= 11 is 0. The Kier molecular flexibility index (Phi) is 5.82. The fourth-order valence-corrected chi connectivity index (χ4v) is 3.28. The predicted molar refractivity (Wildman–Crippen MR) is 107 cm³/mol. The number of para-hydroxylation sites is 2. The van der Waals surface area contributed by atoms with E-state index in [9.17, 15) is 4.79 Å². The number of carbonyl (C=O) groups excluding carboxylic acids is 1. The topological polar surface area (TPSA) is 41.6 Å². The van der Waals surface area contributed by atoms with Gasteiger partial charge in [-0.2, -0.15) is 0 Å². The second kappa shape index (κ2) is 8.26. The number of carbonyl (C=O) groups is 1. The number of amides is 1. The van der Waals surface area contributed by atoms with Gasteiger partial charge in [-0.25, -0.2) is 0 Å². The Bertz CT molecular complexity index is 749. The summed E-state index contributed by atoms with van der Waals surface area (Å²) in [6.45, 7) is 8.32. The number of rotatable bonds is 5. The summed E-state index contributed by atoms with van der Waals surface area (Å²) in [6.07, 6.45) is 2.46. The molecule has 1 heterocycles. The highest BCUT2D eigenvalue weighted by Gasteiger charge is 2.19. The molecule has 1 aliphatic heterocycles. The van der Waals surface area contributed by atoms with E-state index in [0.29, 0.717) is 11.3 Å². The molecule has 138 valence electrons. The first-order chi connectivity index (χ1) is 12.5. The average Bonchev–Trinajstić information content (AvgIpc) is 2.63. The monoisotopic (exact) mass is 352 g/mol. The Labute approximate surface area is 156 Å². The summed E-state index contributed by atoms with van der Waals surface area (Å²) in [7, 11) is 0. The lowest BCUT2D eigenvalue weighted by molar-refractivity contribution is 0.102. The van der Waals surface area contributed by atoms with Gasteiger partial charge in [-0.05, 0) is 62.9 Å². The maximum atomic E-state index is 12.8. The molecule has 0 bridgehead atoms. The van der Waals surface area contributed by atoms with E-state index in [2.05, 4.69) is 23.2 Å². The van der Waals surface area contributed by atoms with Crippen molar-refractivity contribution in [3.63, 3.8) is 0 Å². The minimum Gasteiger partial charge on any atom is -0.491 e. The van der Waals surface area contributed by atoms with Crippen molar-refractivity contribution in [2.75, 3.05) is 23.3 Å². The van der Waals surface area contributed by atoms with Crippen LogP contribution in [0.1, 0.15) is 44.0 Å². The molecule has 4 heteroatoms. The molecule has 26 heavy (non-hydrogen) atoms. The van der Waals surface area contributed by atoms with Crippen molar-refractivity contribution in [2.24, 2.45) is 5.92 Å². The minimum absolute atomic E-state index is 0.0792. The summed E-state index contributed by atoms with van der Waals surface area (Å²) in [5, 5.41) is 3.08. The fraction of sp³-hybridized carbons (Fsp3) is 0.409. The third kappa shape index (κ3) is 4.57. The zero-order valence-corrected chi connectivity index (χ0v) is 15.9. The highest BCUT2D eigenvalue weighted by atomic mass is 16.5. The van der Waals surface area contributed by atoms with Gasteiger partial charge in [0.1, 0.15) is 5.75 Å². The molecular weight excluding hydrogens is 324 g/mol. The number of ether oxygens (including phenoxy) is 1. The van der Waals surface area contributed by atoms with E-state index >= 15 is 0 Å². The largest absolute Gasteiger partial charge is 0.491 e. The Hall–Kier alpha value is -2.49. The molecule has 3 rings (SSSR count). The van der Waals surface area contributed by atoms with E-state index in [4.69, 9.17) is 4.74 Å². The van der Waals surface area contributed by atoms with Crippen LogP contribution >= 0.6 is 0 Å². The highest BCUT2D eigenvalue weighted by Crippen LogP contribution is 2.30. The standard InChI is InChI=1S/C22H28N2O2/c1-16(2)26-19-8-6-7-18(15-19)22(25)23-20-9-4-5-10-21(20)24-13-11-17(3)12-14-24/h4-10,15-17H,11-14H2,1-3H3,(H,23,25). The van der Waals surface area contributed by atoms with E-state index in [1.165, 1.54) is 12.8 Å². The molecule has 1 N–H and O–H groups in total. The first kappa shape index (κ1) is 18.3. The highest BCUT2D eigenvalue weighted by molar-refractivity contribution is 6.06. The third-order valence-electron chi connectivity index (χ3n) is 4.74. The minimum atomic E-state index is -0.114. The van der Waals surface area contributed by atoms with E-state index < -0.39 is 0 Å². The fourth-order valence-electron chi connectivity index (χ4n) is 3.28. The van der Waals surface area contributed by atoms with Gasteiger partial charge in [0.2, 0.25) is 0 Å². The van der Waals surface area contributed by atoms with E-state index in [1.807, 2.05) is 50.2 Å². The van der Waals surface area contributed by atoms with E-state index in [0.717, 1.165) is 30.4 Å². The Morgan fingerprint density at radius 1 is 1.12 bits per heavy atom. The molecule has 0 atom stereocenters. The second-order valence-corrected chi connectivity index (χ2v) is 7.34. The van der Waals surface area contributed by atoms with Crippen LogP contribution in [0.4, 0.5) is 11.4 Å². The van der Waals surface area contributed by atoms with Crippen LogP contribution in [0.2, 0.25) is 0 Å². The maximum Gasteiger partial charge on any atom is 0.255 e. The van der Waals surface area contributed by atoms with Crippen molar-refractivity contribution in [1.29, 1.82) is 0 Å². The van der Waals surface area contributed by atoms with Crippen LogP contribution in [0.15, 0.2) is 48.5 Å². The SMILES string of the molecule is CC1CCN(c2ccccc2NC(=O)c2cccc(OC(C)C)c2)CC1. The molecule has 0 unspecified atom stereocenters. The van der Waals surface area contributed by atoms with E-state index in [1.54, 1.807) is 6.07 Å². The van der Waals surface area contributed by atoms with Gasteiger partial charge in [-0.3, -0.25) is 4.79 Å². The number of piperidine rings is 1. The predicted octanol–water partition coefficient (Wildman–Crippen LogP) is 4.96. The van der Waals surface area contributed by atoms with Crippen LogP contribution in [0.25, 0.3) is 0 Å². The number of anilines is 2. The molecule has 0 radical (unpaired) electrons. The lowest BCUT2D eigenvalue weighted by Crippen LogP contribution is -2.33. The van der Waals surface area contributed by atoms with Crippen molar-refractivity contribution in [3.8, 4) is 5.75 Å². The molecule has 1 fully saturated rings. The first-order valence-corrected chi connectivity index (χ1v) is 9.45. The molecular formula is C22H28N2O2. The van der Waals surface area contributed by atoms with Crippen molar-refractivity contribution in [2.45, 2.75) is 39.7 Å². The van der Waals surface area contributed by atoms with Crippen LogP contribution in [-0.2, 0) is 0 Å². The maximum absolute atomic E-state index is 12.8. The molecule has 2 aromatic rings. The lowest BCUT2D eigenvalue weighted by Gasteiger charge is -2.33. The zero-order valence-electron chi connectivity index (χ0n) is 15.9. The molecule has 2 aromatic carbocycles. The molecule has 0 saturated carbocycles. The van der Waals surface area contributed by atoms with Crippen molar-refractivity contribution >= 4 is 17.3 Å². The number of hydrogen-bond donors (Lipinski definition) is 1. The lowest BCUT2D eigenvalue weighted by atomic mass is 9.98. The smallest absolute Gasteiger partial charge is 0.255 e. The quantitative estimate of drug-likeness (QED) is 0.827. The summed E-state index contributed by atoms with van der Waals surface area (Å²) in [5.41, 5.74) is 2.56. The average molecular weight is 352 g/mol. The van der Waals surface area contributed by atoms with Crippen molar-refractivity contribution in [3.05, 3.63) is 54.1 Å². The van der Waals surface area contributed by atoms with Gasteiger partial charge in [0.25, 0.3) is 5.91 Å². The van der Waals surface area contributed by atoms with Crippen LogP contribution in [0, 0.1) is 5.92 Å². The zero-order chi connectivity index (χ0) is 18.5. The van der Waals surface area contributed by atoms with Gasteiger partial charge < -0.3 is 15.0 Å². The number of benzene rings is 2. The van der Waals surface area contributed by atoms with Gasteiger partial charge in [-0.1, -0.05) is 25.1 Å². The van der Waals surface area contributed by atoms with Crippen LogP contribution < -0.4 is 15.0 Å².